The number of hydrogen-bond donors (Lipinski definition) is 0. The zero-order chi connectivity index (χ0) is 29.5. The second-order valence-corrected chi connectivity index (χ2v) is 11.3. The maximum atomic E-state index is 6.98. The molecule has 0 spiro atoms. The molecule has 7 aromatic rings. The normalized spacial score (nSPS) is 13.6. The lowest BCUT2D eigenvalue weighted by Crippen LogP contribution is -2.59. The van der Waals surface area contributed by atoms with Gasteiger partial charge in [0.05, 0.1) is 28.3 Å². The number of pyridine rings is 1. The minimum atomic E-state index is -0.0443. The van der Waals surface area contributed by atoms with Crippen LogP contribution in [-0.4, -0.2) is 21.7 Å². The van der Waals surface area contributed by atoms with E-state index in [0.717, 1.165) is 79.1 Å². The first-order valence-electron chi connectivity index (χ1n) is 14.9. The van der Waals surface area contributed by atoms with E-state index >= 15 is 0 Å². The minimum absolute atomic E-state index is 0.0443. The zero-order valence-electron chi connectivity index (χ0n) is 23.8. The third kappa shape index (κ3) is 3.39. The summed E-state index contributed by atoms with van der Waals surface area (Å²) in [5, 5.41) is 0. The summed E-state index contributed by atoms with van der Waals surface area (Å²) >= 11 is 0. The maximum Gasteiger partial charge on any atom is 0.256 e. The highest BCUT2D eigenvalue weighted by Crippen LogP contribution is 2.58. The lowest BCUT2D eigenvalue weighted by atomic mass is 9.34. The molecule has 3 aliphatic rings. The first-order valence-corrected chi connectivity index (χ1v) is 14.9. The van der Waals surface area contributed by atoms with Crippen molar-refractivity contribution in [1.29, 1.82) is 0 Å². The van der Waals surface area contributed by atoms with E-state index in [-0.39, 0.29) is 6.71 Å². The van der Waals surface area contributed by atoms with E-state index in [1.54, 1.807) is 12.4 Å². The molecule has 5 heterocycles. The van der Waals surface area contributed by atoms with Crippen molar-refractivity contribution >= 4 is 68.3 Å². The van der Waals surface area contributed by atoms with Crippen LogP contribution >= 0.6 is 0 Å². The lowest BCUT2D eigenvalue weighted by Gasteiger charge is -2.43. The van der Waals surface area contributed by atoms with Gasteiger partial charge in [-0.1, -0.05) is 54.6 Å². The molecule has 3 aliphatic heterocycles. The lowest BCUT2D eigenvalue weighted by molar-refractivity contribution is 0.469. The fraction of sp³-hybridized carbons (Fsp3) is 0. The molecule has 0 atom stereocenters. The summed E-state index contributed by atoms with van der Waals surface area (Å²) < 4.78 is 13.8. The Morgan fingerprint density at radius 1 is 0.533 bits per heavy atom. The van der Waals surface area contributed by atoms with Crippen molar-refractivity contribution in [3.05, 3.63) is 134 Å². The number of aromatic nitrogens is 3. The standard InChI is InChI=1S/C37H22BN5O2/c1-3-11-27-24(8-1)38-25-9-2-5-14-31(25)44-33-22-30-37(36(34(33)38)42(27)23-16-18-39-19-17-23)45-32-15-6-4-12-28(32)43(30)29-13-7-10-26-35(29)41-21-20-40-26/h1-22H. The highest BCUT2D eigenvalue weighted by molar-refractivity contribution is 6.99. The highest BCUT2D eigenvalue weighted by Gasteiger charge is 2.45. The first-order chi connectivity index (χ1) is 22.3. The quantitative estimate of drug-likeness (QED) is 0.204. The van der Waals surface area contributed by atoms with E-state index < -0.39 is 0 Å². The minimum Gasteiger partial charge on any atom is -0.458 e. The van der Waals surface area contributed by atoms with Gasteiger partial charge in [0.25, 0.3) is 6.71 Å². The second kappa shape index (κ2) is 9.18. The van der Waals surface area contributed by atoms with E-state index in [4.69, 9.17) is 14.5 Å². The fourth-order valence-electron chi connectivity index (χ4n) is 7.09. The van der Waals surface area contributed by atoms with E-state index in [9.17, 15) is 0 Å². The van der Waals surface area contributed by atoms with Crippen LogP contribution in [0.2, 0.25) is 0 Å². The summed E-state index contributed by atoms with van der Waals surface area (Å²) in [6.07, 6.45) is 7.12. The molecule has 8 heteroatoms. The van der Waals surface area contributed by atoms with Crippen LogP contribution in [0.15, 0.2) is 134 Å². The van der Waals surface area contributed by atoms with Crippen molar-refractivity contribution in [2.24, 2.45) is 0 Å². The van der Waals surface area contributed by atoms with Crippen molar-refractivity contribution in [2.45, 2.75) is 0 Å². The Balaban J connectivity index is 1.34. The topological polar surface area (TPSA) is 63.6 Å². The number of ether oxygens (including phenoxy) is 2. The Bertz CT molecular complexity index is 2320. The third-order valence-electron chi connectivity index (χ3n) is 8.89. The van der Waals surface area contributed by atoms with Gasteiger partial charge >= 0.3 is 0 Å². The fourth-order valence-corrected chi connectivity index (χ4v) is 7.09. The summed E-state index contributed by atoms with van der Waals surface area (Å²) in [5.41, 5.74) is 10.7. The van der Waals surface area contributed by atoms with E-state index in [0.29, 0.717) is 0 Å². The van der Waals surface area contributed by atoms with Gasteiger partial charge in [0.1, 0.15) is 17.0 Å². The number of nitrogens with zero attached hydrogens (tertiary/aromatic N) is 5. The van der Waals surface area contributed by atoms with Crippen molar-refractivity contribution in [3.63, 3.8) is 0 Å². The van der Waals surface area contributed by atoms with Crippen LogP contribution in [0, 0.1) is 0 Å². The van der Waals surface area contributed by atoms with Gasteiger partial charge in [-0.15, -0.1) is 0 Å². The van der Waals surface area contributed by atoms with Crippen molar-refractivity contribution in [2.75, 3.05) is 9.80 Å². The molecule has 0 radical (unpaired) electrons. The third-order valence-corrected chi connectivity index (χ3v) is 8.89. The molecule has 0 saturated carbocycles. The Morgan fingerprint density at radius 2 is 1.27 bits per heavy atom. The number of hydrogen-bond acceptors (Lipinski definition) is 7. The molecule has 0 saturated heterocycles. The molecule has 45 heavy (non-hydrogen) atoms. The average Bonchev–Trinajstić information content (AvgIpc) is 3.10. The number of benzene rings is 5. The summed E-state index contributed by atoms with van der Waals surface area (Å²) in [6, 6.07) is 37.4. The predicted molar refractivity (Wildman–Crippen MR) is 178 cm³/mol. The molecule has 7 nitrogen and oxygen atoms in total. The Hall–Kier alpha value is -6.15. The Kier molecular flexibility index (Phi) is 4.96. The number of fused-ring (bicyclic) bond motifs is 8. The van der Waals surface area contributed by atoms with E-state index in [1.165, 1.54) is 5.46 Å². The number of anilines is 6. The largest absolute Gasteiger partial charge is 0.458 e. The molecule has 210 valence electrons. The first kappa shape index (κ1) is 24.3. The van der Waals surface area contributed by atoms with Crippen molar-refractivity contribution in [3.8, 4) is 23.0 Å². The van der Waals surface area contributed by atoms with E-state index in [1.807, 2.05) is 60.9 Å². The molecule has 0 amide bonds. The Labute approximate surface area is 259 Å². The molecule has 0 aliphatic carbocycles. The summed E-state index contributed by atoms with van der Waals surface area (Å²) in [7, 11) is 0. The van der Waals surface area contributed by atoms with Crippen molar-refractivity contribution < 1.29 is 9.47 Å². The van der Waals surface area contributed by atoms with Gasteiger partial charge in [0, 0.05) is 47.7 Å². The van der Waals surface area contributed by atoms with Gasteiger partial charge in [-0.3, -0.25) is 15.0 Å². The van der Waals surface area contributed by atoms with Crippen LogP contribution in [0.4, 0.5) is 34.1 Å². The zero-order valence-corrected chi connectivity index (χ0v) is 23.8. The van der Waals surface area contributed by atoms with Crippen LogP contribution in [0.3, 0.4) is 0 Å². The van der Waals surface area contributed by atoms with E-state index in [2.05, 4.69) is 80.4 Å². The van der Waals surface area contributed by atoms with Crippen LogP contribution in [0.5, 0.6) is 23.0 Å². The van der Waals surface area contributed by atoms with Gasteiger partial charge in [0.15, 0.2) is 11.5 Å². The SMILES string of the molecule is c1ccc2c(c1)Oc1cc3c(c4c1B2c1ccccc1N4c1ccncc1)Oc1ccccc1N3c1cccc2nccnc12. The molecule has 0 unspecified atom stereocenters. The van der Waals surface area contributed by atoms with Crippen LogP contribution in [0.25, 0.3) is 11.0 Å². The van der Waals surface area contributed by atoms with Crippen LogP contribution in [0.1, 0.15) is 0 Å². The molecule has 0 fully saturated rings. The molecule has 5 aromatic carbocycles. The summed E-state index contributed by atoms with van der Waals surface area (Å²) in [4.78, 5) is 18.3. The van der Waals surface area contributed by atoms with Gasteiger partial charge < -0.3 is 19.3 Å². The average molecular weight is 579 g/mol. The smallest absolute Gasteiger partial charge is 0.256 e. The molecular weight excluding hydrogens is 557 g/mol. The summed E-state index contributed by atoms with van der Waals surface area (Å²) in [5.74, 6) is 3.14. The van der Waals surface area contributed by atoms with Gasteiger partial charge in [-0.25, -0.2) is 0 Å². The van der Waals surface area contributed by atoms with Gasteiger partial charge in [-0.05, 0) is 59.5 Å². The van der Waals surface area contributed by atoms with Gasteiger partial charge in [0.2, 0.25) is 0 Å². The molecule has 0 bridgehead atoms. The molecule has 10 rings (SSSR count). The second-order valence-electron chi connectivity index (χ2n) is 11.3. The maximum absolute atomic E-state index is 6.98. The van der Waals surface area contributed by atoms with Crippen LogP contribution in [-0.2, 0) is 0 Å². The highest BCUT2D eigenvalue weighted by atomic mass is 16.5. The monoisotopic (exact) mass is 579 g/mol. The Morgan fingerprint density at radius 3 is 2.16 bits per heavy atom. The number of rotatable bonds is 2. The van der Waals surface area contributed by atoms with Crippen molar-refractivity contribution in [1.82, 2.24) is 15.0 Å². The number of para-hydroxylation sites is 5. The predicted octanol–water partition coefficient (Wildman–Crippen LogP) is 7.01. The van der Waals surface area contributed by atoms with Gasteiger partial charge in [-0.2, -0.15) is 0 Å². The molecule has 2 aromatic heterocycles. The summed E-state index contributed by atoms with van der Waals surface area (Å²) in [6.45, 7) is -0.0443. The molecule has 0 N–H and O–H groups in total. The van der Waals surface area contributed by atoms with Crippen LogP contribution < -0.4 is 35.7 Å². The molecular formula is C37H22BN5O2.